The van der Waals surface area contributed by atoms with Crippen LogP contribution in [0.2, 0.25) is 0 Å². The van der Waals surface area contributed by atoms with E-state index in [2.05, 4.69) is 10.3 Å². The van der Waals surface area contributed by atoms with Gasteiger partial charge in [-0.3, -0.25) is 4.79 Å². The number of esters is 1. The predicted octanol–water partition coefficient (Wildman–Crippen LogP) is 3.85. The van der Waals surface area contributed by atoms with Gasteiger partial charge in [-0.15, -0.1) is 0 Å². The summed E-state index contributed by atoms with van der Waals surface area (Å²) in [7, 11) is -2.38. The maximum absolute atomic E-state index is 13.3. The van der Waals surface area contributed by atoms with E-state index in [9.17, 15) is 18.0 Å². The second kappa shape index (κ2) is 9.97. The van der Waals surface area contributed by atoms with Crippen LogP contribution in [0.3, 0.4) is 0 Å². The summed E-state index contributed by atoms with van der Waals surface area (Å²) >= 11 is 0. The molecule has 1 heterocycles. The minimum absolute atomic E-state index is 0.0603. The molecule has 0 saturated carbocycles. The molecule has 0 spiro atoms. The normalized spacial score (nSPS) is 18.6. The molecule has 3 rings (SSSR count). The fraction of sp³-hybridized carbons (Fsp3) is 0.400. The number of sulfone groups is 1. The first kappa shape index (κ1) is 25.4. The predicted molar refractivity (Wildman–Crippen MR) is 129 cm³/mol. The fourth-order valence-electron chi connectivity index (χ4n) is 3.82. The number of methoxy groups -OCH3 is 1. The number of carbonyl (C=O) groups excluding carboxylic acids is 2. The van der Waals surface area contributed by atoms with Gasteiger partial charge in [-0.2, -0.15) is 0 Å². The van der Waals surface area contributed by atoms with Gasteiger partial charge < -0.3 is 14.8 Å². The highest BCUT2D eigenvalue weighted by Crippen LogP contribution is 2.31. The number of nitrogens with zero attached hydrogens (tertiary/aromatic N) is 1. The third-order valence-corrected chi connectivity index (χ3v) is 7.29. The lowest BCUT2D eigenvalue weighted by Gasteiger charge is -2.31. The van der Waals surface area contributed by atoms with Gasteiger partial charge in [0.15, 0.2) is 9.84 Å². The minimum atomic E-state index is -3.89. The third kappa shape index (κ3) is 5.64. The molecule has 2 unspecified atom stereocenters. The molecule has 0 radical (unpaired) electrons. The molecule has 182 valence electrons. The summed E-state index contributed by atoms with van der Waals surface area (Å²) in [4.78, 5) is 29.4. The van der Waals surface area contributed by atoms with Crippen molar-refractivity contribution in [2.24, 2.45) is 10.9 Å². The lowest BCUT2D eigenvalue weighted by atomic mass is 9.87. The molecule has 1 aliphatic heterocycles. The number of amides is 2. The van der Waals surface area contributed by atoms with Crippen molar-refractivity contribution in [3.8, 4) is 5.75 Å². The molecular formula is C25H30N2O6S. The standard InChI is InChI=1S/C25H30N2O6S/c1-6-33-23(28)21-20(15-34(30,31)19-12-10-17(11-13-19)25(2,3)4)26-24(29)27-22(21)16-8-7-9-18(14-16)32-5/h7-14,21-22H,6,15H2,1-5H3,(H,27,29). The maximum Gasteiger partial charge on any atom is 0.341 e. The maximum atomic E-state index is 13.3. The molecule has 0 aromatic heterocycles. The van der Waals surface area contributed by atoms with E-state index < -0.39 is 39.6 Å². The van der Waals surface area contributed by atoms with E-state index >= 15 is 0 Å². The molecule has 1 aliphatic rings. The number of rotatable bonds is 7. The van der Waals surface area contributed by atoms with Crippen LogP contribution in [0.25, 0.3) is 0 Å². The molecule has 1 N–H and O–H groups in total. The molecule has 0 fully saturated rings. The number of hydrogen-bond donors (Lipinski definition) is 1. The molecule has 2 aromatic rings. The summed E-state index contributed by atoms with van der Waals surface area (Å²) in [5, 5.41) is 2.68. The lowest BCUT2D eigenvalue weighted by Crippen LogP contribution is -2.47. The average Bonchev–Trinajstić information content (AvgIpc) is 2.78. The smallest absolute Gasteiger partial charge is 0.341 e. The van der Waals surface area contributed by atoms with Crippen LogP contribution in [0.4, 0.5) is 4.79 Å². The van der Waals surface area contributed by atoms with Crippen molar-refractivity contribution in [3.63, 3.8) is 0 Å². The minimum Gasteiger partial charge on any atom is -0.497 e. The van der Waals surface area contributed by atoms with Crippen molar-refractivity contribution in [1.82, 2.24) is 5.32 Å². The van der Waals surface area contributed by atoms with Crippen LogP contribution in [-0.4, -0.2) is 45.6 Å². The van der Waals surface area contributed by atoms with Gasteiger partial charge in [0.05, 0.1) is 36.1 Å². The van der Waals surface area contributed by atoms with Crippen LogP contribution in [0, 0.1) is 5.92 Å². The number of urea groups is 1. The number of hydrogen-bond acceptors (Lipinski definition) is 6. The molecule has 8 nitrogen and oxygen atoms in total. The number of aliphatic imine (C=N–C) groups is 1. The number of benzene rings is 2. The SMILES string of the molecule is CCOC(=O)C1C(CS(=O)(=O)c2ccc(C(C)(C)C)cc2)=NC(=O)NC1c1cccc(OC)c1. The Morgan fingerprint density at radius 1 is 1.12 bits per heavy atom. The van der Waals surface area contributed by atoms with Gasteiger partial charge >= 0.3 is 12.0 Å². The van der Waals surface area contributed by atoms with Crippen LogP contribution in [0.15, 0.2) is 58.4 Å². The van der Waals surface area contributed by atoms with Gasteiger partial charge in [-0.05, 0) is 47.7 Å². The first-order valence-electron chi connectivity index (χ1n) is 11.0. The van der Waals surface area contributed by atoms with Gasteiger partial charge in [0.1, 0.15) is 11.7 Å². The highest BCUT2D eigenvalue weighted by molar-refractivity contribution is 7.92. The summed E-state index contributed by atoms with van der Waals surface area (Å²) in [5.74, 6) is -1.81. The van der Waals surface area contributed by atoms with E-state index in [1.165, 1.54) is 19.2 Å². The Balaban J connectivity index is 2.00. The van der Waals surface area contributed by atoms with Gasteiger partial charge in [0.25, 0.3) is 0 Å². The number of nitrogens with one attached hydrogen (secondary N) is 1. The molecule has 0 bridgehead atoms. The molecule has 2 amide bonds. The van der Waals surface area contributed by atoms with Crippen molar-refractivity contribution in [2.45, 2.75) is 44.0 Å². The zero-order chi connectivity index (χ0) is 25.1. The monoisotopic (exact) mass is 486 g/mol. The van der Waals surface area contributed by atoms with Gasteiger partial charge in [-0.1, -0.05) is 45.0 Å². The van der Waals surface area contributed by atoms with Gasteiger partial charge in [0, 0.05) is 0 Å². The Morgan fingerprint density at radius 2 is 1.79 bits per heavy atom. The Bertz CT molecular complexity index is 1200. The van der Waals surface area contributed by atoms with E-state index in [0.717, 1.165) is 5.56 Å². The number of ether oxygens (including phenoxy) is 2. The highest BCUT2D eigenvalue weighted by atomic mass is 32.2. The highest BCUT2D eigenvalue weighted by Gasteiger charge is 2.41. The topological polar surface area (TPSA) is 111 Å². The van der Waals surface area contributed by atoms with Crippen molar-refractivity contribution >= 4 is 27.5 Å². The van der Waals surface area contributed by atoms with E-state index in [4.69, 9.17) is 9.47 Å². The van der Waals surface area contributed by atoms with Crippen LogP contribution in [0.5, 0.6) is 5.75 Å². The largest absolute Gasteiger partial charge is 0.497 e. The molecule has 34 heavy (non-hydrogen) atoms. The van der Waals surface area contributed by atoms with Crippen molar-refractivity contribution in [3.05, 3.63) is 59.7 Å². The van der Waals surface area contributed by atoms with Crippen molar-refractivity contribution in [2.75, 3.05) is 19.5 Å². The summed E-state index contributed by atoms with van der Waals surface area (Å²) in [6.45, 7) is 7.87. The quantitative estimate of drug-likeness (QED) is 0.595. The second-order valence-electron chi connectivity index (χ2n) is 9.07. The van der Waals surface area contributed by atoms with Crippen LogP contribution in [-0.2, 0) is 24.8 Å². The Kier molecular flexibility index (Phi) is 7.45. The van der Waals surface area contributed by atoms with E-state index in [1.54, 1.807) is 43.3 Å². The average molecular weight is 487 g/mol. The van der Waals surface area contributed by atoms with Crippen molar-refractivity contribution < 1.29 is 27.5 Å². The van der Waals surface area contributed by atoms with E-state index in [-0.39, 0.29) is 22.6 Å². The van der Waals surface area contributed by atoms with Crippen LogP contribution < -0.4 is 10.1 Å². The van der Waals surface area contributed by atoms with Crippen LogP contribution >= 0.6 is 0 Å². The molecule has 2 atom stereocenters. The summed E-state index contributed by atoms with van der Waals surface area (Å²) in [5.41, 5.74) is 1.37. The fourth-order valence-corrected chi connectivity index (χ4v) is 5.17. The molecule has 9 heteroatoms. The van der Waals surface area contributed by atoms with Crippen molar-refractivity contribution in [1.29, 1.82) is 0 Å². The molecular weight excluding hydrogens is 456 g/mol. The zero-order valence-electron chi connectivity index (χ0n) is 20.0. The third-order valence-electron chi connectivity index (χ3n) is 5.63. The molecule has 0 aliphatic carbocycles. The molecule has 0 saturated heterocycles. The summed E-state index contributed by atoms with van der Waals surface area (Å²) in [6.07, 6.45) is 0. The Labute approximate surface area is 200 Å². The molecule has 2 aromatic carbocycles. The Morgan fingerprint density at radius 3 is 2.38 bits per heavy atom. The Hall–Kier alpha value is -3.20. The van der Waals surface area contributed by atoms with Gasteiger partial charge in [0.2, 0.25) is 0 Å². The van der Waals surface area contributed by atoms with Gasteiger partial charge in [-0.25, -0.2) is 18.2 Å². The van der Waals surface area contributed by atoms with E-state index in [0.29, 0.717) is 11.3 Å². The zero-order valence-corrected chi connectivity index (χ0v) is 20.8. The van der Waals surface area contributed by atoms with Crippen LogP contribution in [0.1, 0.15) is 44.9 Å². The first-order chi connectivity index (χ1) is 16.0. The van der Waals surface area contributed by atoms with E-state index in [1.807, 2.05) is 20.8 Å². The lowest BCUT2D eigenvalue weighted by molar-refractivity contribution is -0.146. The number of carbonyl (C=O) groups is 2. The summed E-state index contributed by atoms with van der Waals surface area (Å²) < 4.78 is 37.0. The second-order valence-corrected chi connectivity index (χ2v) is 11.1. The summed E-state index contributed by atoms with van der Waals surface area (Å²) in [6, 6.07) is 11.9. The first-order valence-corrected chi connectivity index (χ1v) is 12.6.